The van der Waals surface area contributed by atoms with Gasteiger partial charge in [0.25, 0.3) is 0 Å². The molecule has 1 aliphatic rings. The van der Waals surface area contributed by atoms with Gasteiger partial charge in [0.05, 0.1) is 5.75 Å². The van der Waals surface area contributed by atoms with Crippen LogP contribution in [0.1, 0.15) is 33.1 Å². The topological polar surface area (TPSA) is 29.1 Å². The van der Waals surface area contributed by atoms with Crippen LogP contribution in [-0.4, -0.2) is 17.7 Å². The molecule has 0 spiro atoms. The summed E-state index contributed by atoms with van der Waals surface area (Å²) in [7, 11) is 0. The number of hydrogen-bond donors (Lipinski definition) is 1. The van der Waals surface area contributed by atoms with Crippen LogP contribution in [0.4, 0.5) is 0 Å². The summed E-state index contributed by atoms with van der Waals surface area (Å²) in [6, 6.07) is 15.1. The summed E-state index contributed by atoms with van der Waals surface area (Å²) in [5, 5.41) is 5.72. The highest BCUT2D eigenvalue weighted by Gasteiger charge is 2.27. The molecule has 0 aliphatic heterocycles. The van der Waals surface area contributed by atoms with Gasteiger partial charge in [-0.25, -0.2) is 0 Å². The summed E-state index contributed by atoms with van der Waals surface area (Å²) in [5.74, 6) is 1.95. The number of amides is 1. The molecule has 3 rings (SSSR count). The second kappa shape index (κ2) is 7.39. The lowest BCUT2D eigenvalue weighted by Gasteiger charge is -2.34. The fourth-order valence-corrected chi connectivity index (χ4v) is 4.20. The van der Waals surface area contributed by atoms with Crippen molar-refractivity contribution in [2.24, 2.45) is 11.8 Å². The van der Waals surface area contributed by atoms with E-state index in [9.17, 15) is 4.79 Å². The van der Waals surface area contributed by atoms with Crippen molar-refractivity contribution >= 4 is 28.4 Å². The zero-order valence-corrected chi connectivity index (χ0v) is 14.7. The van der Waals surface area contributed by atoms with Gasteiger partial charge in [0.15, 0.2) is 0 Å². The molecule has 122 valence electrons. The summed E-state index contributed by atoms with van der Waals surface area (Å²) in [6.07, 6.45) is 3.64. The Morgan fingerprint density at radius 2 is 1.91 bits per heavy atom. The summed E-state index contributed by atoms with van der Waals surface area (Å²) < 4.78 is 0. The van der Waals surface area contributed by atoms with Gasteiger partial charge in [-0.15, -0.1) is 11.8 Å². The highest BCUT2D eigenvalue weighted by molar-refractivity contribution is 8.00. The first-order valence-electron chi connectivity index (χ1n) is 8.54. The summed E-state index contributed by atoms with van der Waals surface area (Å²) >= 11 is 1.62. The number of nitrogens with one attached hydrogen (secondary N) is 1. The molecular formula is C20H25NOS. The van der Waals surface area contributed by atoms with Crippen LogP contribution in [0.15, 0.2) is 47.4 Å². The van der Waals surface area contributed by atoms with Crippen LogP contribution in [0.3, 0.4) is 0 Å². The molecule has 0 bridgehead atoms. The molecule has 1 aliphatic carbocycles. The predicted molar refractivity (Wildman–Crippen MR) is 98.8 cm³/mol. The molecule has 0 radical (unpaired) electrons. The van der Waals surface area contributed by atoms with E-state index < -0.39 is 0 Å². The third kappa shape index (κ3) is 4.08. The number of thioether (sulfide) groups is 1. The van der Waals surface area contributed by atoms with Gasteiger partial charge < -0.3 is 5.32 Å². The Labute approximate surface area is 143 Å². The molecule has 1 amide bonds. The largest absolute Gasteiger partial charge is 0.352 e. The molecule has 2 aromatic rings. The highest BCUT2D eigenvalue weighted by Crippen LogP contribution is 2.30. The lowest BCUT2D eigenvalue weighted by molar-refractivity contribution is -0.119. The predicted octanol–water partition coefficient (Wildman–Crippen LogP) is 4.87. The van der Waals surface area contributed by atoms with E-state index >= 15 is 0 Å². The minimum Gasteiger partial charge on any atom is -0.352 e. The first kappa shape index (κ1) is 16.4. The Bertz CT molecular complexity index is 684. The minimum absolute atomic E-state index is 0.161. The zero-order chi connectivity index (χ0) is 16.2. The third-order valence-electron chi connectivity index (χ3n) is 5.14. The van der Waals surface area contributed by atoms with Crippen LogP contribution in [0.2, 0.25) is 0 Å². The van der Waals surface area contributed by atoms with Gasteiger partial charge in [0, 0.05) is 10.9 Å². The van der Waals surface area contributed by atoms with Gasteiger partial charge in [-0.05, 0) is 41.2 Å². The molecule has 0 heterocycles. The molecule has 2 nitrogen and oxygen atoms in total. The second-order valence-electron chi connectivity index (χ2n) is 6.74. The van der Waals surface area contributed by atoms with Crippen molar-refractivity contribution in [2.75, 3.05) is 5.75 Å². The molecule has 0 saturated heterocycles. The van der Waals surface area contributed by atoms with E-state index in [4.69, 9.17) is 0 Å². The molecule has 1 N–H and O–H groups in total. The fraction of sp³-hybridized carbons (Fsp3) is 0.450. The maximum atomic E-state index is 12.3. The van der Waals surface area contributed by atoms with E-state index in [0.29, 0.717) is 23.6 Å². The molecular weight excluding hydrogens is 302 g/mol. The van der Waals surface area contributed by atoms with Crippen molar-refractivity contribution in [1.82, 2.24) is 5.32 Å². The van der Waals surface area contributed by atoms with Gasteiger partial charge in [0.1, 0.15) is 0 Å². The number of benzene rings is 2. The maximum Gasteiger partial charge on any atom is 0.230 e. The Hall–Kier alpha value is -1.48. The summed E-state index contributed by atoms with van der Waals surface area (Å²) in [6.45, 7) is 4.57. The van der Waals surface area contributed by atoms with Crippen molar-refractivity contribution in [3.63, 3.8) is 0 Å². The van der Waals surface area contributed by atoms with Crippen molar-refractivity contribution < 1.29 is 4.79 Å². The second-order valence-corrected chi connectivity index (χ2v) is 7.79. The van der Waals surface area contributed by atoms with Crippen LogP contribution < -0.4 is 5.32 Å². The van der Waals surface area contributed by atoms with Gasteiger partial charge in [0.2, 0.25) is 5.91 Å². The number of rotatable bonds is 4. The Morgan fingerprint density at radius 3 is 2.74 bits per heavy atom. The monoisotopic (exact) mass is 327 g/mol. The number of hydrogen-bond acceptors (Lipinski definition) is 2. The van der Waals surface area contributed by atoms with Crippen LogP contribution in [-0.2, 0) is 4.79 Å². The number of carbonyl (C=O) groups excluding carboxylic acids is 1. The average molecular weight is 327 g/mol. The summed E-state index contributed by atoms with van der Waals surface area (Å²) in [4.78, 5) is 13.4. The molecule has 0 unspecified atom stereocenters. The van der Waals surface area contributed by atoms with E-state index in [1.807, 2.05) is 0 Å². The summed E-state index contributed by atoms with van der Waals surface area (Å²) in [5.41, 5.74) is 0. The molecule has 1 saturated carbocycles. The normalized spacial score (nSPS) is 24.5. The molecule has 3 atom stereocenters. The van der Waals surface area contributed by atoms with E-state index in [0.717, 1.165) is 11.3 Å². The van der Waals surface area contributed by atoms with E-state index in [-0.39, 0.29) is 5.91 Å². The number of carbonyl (C=O) groups is 1. The molecule has 2 aromatic carbocycles. The van der Waals surface area contributed by atoms with Crippen molar-refractivity contribution in [2.45, 2.75) is 44.0 Å². The van der Waals surface area contributed by atoms with Crippen LogP contribution in [0.5, 0.6) is 0 Å². The van der Waals surface area contributed by atoms with Gasteiger partial charge in [-0.2, -0.15) is 0 Å². The fourth-order valence-electron chi connectivity index (χ4n) is 3.44. The Kier molecular flexibility index (Phi) is 5.27. The highest BCUT2D eigenvalue weighted by atomic mass is 32.2. The standard InChI is InChI=1S/C20H25NOS/c1-14-6-5-9-19(15(14)2)21-20(22)13-23-18-11-10-16-7-3-4-8-17(16)12-18/h3-4,7-8,10-12,14-15,19H,5-6,9,13H2,1-2H3,(H,21,22)/t14-,15-,19-/m1/s1. The third-order valence-corrected chi connectivity index (χ3v) is 6.14. The molecule has 0 aromatic heterocycles. The zero-order valence-electron chi connectivity index (χ0n) is 13.9. The lowest BCUT2D eigenvalue weighted by atomic mass is 9.78. The van der Waals surface area contributed by atoms with Crippen molar-refractivity contribution in [3.05, 3.63) is 42.5 Å². The maximum absolute atomic E-state index is 12.3. The number of fused-ring (bicyclic) bond motifs is 1. The smallest absolute Gasteiger partial charge is 0.230 e. The van der Waals surface area contributed by atoms with Crippen molar-refractivity contribution in [3.8, 4) is 0 Å². The van der Waals surface area contributed by atoms with Crippen LogP contribution in [0, 0.1) is 11.8 Å². The average Bonchev–Trinajstić information content (AvgIpc) is 2.57. The van der Waals surface area contributed by atoms with Gasteiger partial charge in [-0.1, -0.05) is 57.0 Å². The van der Waals surface area contributed by atoms with Gasteiger partial charge >= 0.3 is 0 Å². The molecule has 23 heavy (non-hydrogen) atoms. The van der Waals surface area contributed by atoms with E-state index in [1.165, 1.54) is 23.6 Å². The minimum atomic E-state index is 0.161. The van der Waals surface area contributed by atoms with E-state index in [2.05, 4.69) is 61.6 Å². The van der Waals surface area contributed by atoms with Crippen LogP contribution >= 0.6 is 11.8 Å². The lowest BCUT2D eigenvalue weighted by Crippen LogP contribution is -2.44. The molecule has 3 heteroatoms. The first-order valence-corrected chi connectivity index (χ1v) is 9.53. The SMILES string of the molecule is C[C@@H]1[C@H](C)CCC[C@H]1NC(=O)CSc1ccc2ccccc2c1. The van der Waals surface area contributed by atoms with Gasteiger partial charge in [-0.3, -0.25) is 4.79 Å². The van der Waals surface area contributed by atoms with E-state index in [1.54, 1.807) is 11.8 Å². The Balaban J connectivity index is 1.55. The van der Waals surface area contributed by atoms with Crippen molar-refractivity contribution in [1.29, 1.82) is 0 Å². The molecule has 1 fully saturated rings. The first-order chi connectivity index (χ1) is 11.1. The Morgan fingerprint density at radius 1 is 1.13 bits per heavy atom. The van der Waals surface area contributed by atoms with Crippen LogP contribution in [0.25, 0.3) is 10.8 Å². The quantitative estimate of drug-likeness (QED) is 0.812.